The Morgan fingerprint density at radius 2 is 1.79 bits per heavy atom. The van der Waals surface area contributed by atoms with Crippen LogP contribution in [-0.4, -0.2) is 30.6 Å². The average Bonchev–Trinajstić information content (AvgIpc) is 2.49. The van der Waals surface area contributed by atoms with Crippen molar-refractivity contribution >= 4 is 6.03 Å². The van der Waals surface area contributed by atoms with Crippen molar-refractivity contribution < 1.29 is 4.79 Å². The molecule has 0 aliphatic carbocycles. The fourth-order valence-corrected chi connectivity index (χ4v) is 2.50. The first-order chi connectivity index (χ1) is 9.36. The highest BCUT2D eigenvalue weighted by Gasteiger charge is 2.15. The van der Waals surface area contributed by atoms with E-state index in [2.05, 4.69) is 29.6 Å². The summed E-state index contributed by atoms with van der Waals surface area (Å²) in [5, 5.41) is 3.03. The van der Waals surface area contributed by atoms with Crippen molar-refractivity contribution in [2.75, 3.05) is 19.6 Å². The van der Waals surface area contributed by atoms with Crippen molar-refractivity contribution in [1.29, 1.82) is 0 Å². The van der Waals surface area contributed by atoms with Gasteiger partial charge in [0.15, 0.2) is 0 Å². The van der Waals surface area contributed by atoms with E-state index < -0.39 is 0 Å². The van der Waals surface area contributed by atoms with Gasteiger partial charge in [-0.2, -0.15) is 0 Å². The Morgan fingerprint density at radius 3 is 2.53 bits per heavy atom. The number of benzene rings is 1. The van der Waals surface area contributed by atoms with E-state index in [-0.39, 0.29) is 6.03 Å². The molecule has 0 saturated carbocycles. The number of amides is 2. The summed E-state index contributed by atoms with van der Waals surface area (Å²) in [7, 11) is 0. The number of hydrogen-bond donors (Lipinski definition) is 1. The molecule has 1 saturated heterocycles. The van der Waals surface area contributed by atoms with Gasteiger partial charge in [-0.1, -0.05) is 30.3 Å². The molecule has 0 spiro atoms. The van der Waals surface area contributed by atoms with Crippen LogP contribution in [0.25, 0.3) is 0 Å². The number of hydrogen-bond acceptors (Lipinski definition) is 1. The number of carbonyl (C=O) groups is 1. The van der Waals surface area contributed by atoms with E-state index in [1.54, 1.807) is 0 Å². The van der Waals surface area contributed by atoms with E-state index in [1.807, 2.05) is 11.0 Å². The van der Waals surface area contributed by atoms with Gasteiger partial charge in [0.05, 0.1) is 0 Å². The lowest BCUT2D eigenvalue weighted by Crippen LogP contribution is -2.43. The number of carbonyl (C=O) groups excluding carboxylic acids is 1. The van der Waals surface area contributed by atoms with Crippen molar-refractivity contribution in [1.82, 2.24) is 10.2 Å². The Kier molecular flexibility index (Phi) is 5.73. The third kappa shape index (κ3) is 4.93. The Morgan fingerprint density at radius 1 is 1.05 bits per heavy atom. The predicted molar refractivity (Wildman–Crippen MR) is 78.2 cm³/mol. The van der Waals surface area contributed by atoms with Crippen LogP contribution >= 0.6 is 0 Å². The predicted octanol–water partition coefficient (Wildman–Crippen LogP) is 3.20. The summed E-state index contributed by atoms with van der Waals surface area (Å²) in [6.07, 6.45) is 6.85. The number of piperidine rings is 1. The zero-order valence-corrected chi connectivity index (χ0v) is 11.6. The molecule has 1 aliphatic rings. The largest absolute Gasteiger partial charge is 0.338 e. The monoisotopic (exact) mass is 260 g/mol. The summed E-state index contributed by atoms with van der Waals surface area (Å²) in [5.41, 5.74) is 1.38. The molecule has 2 amide bonds. The van der Waals surface area contributed by atoms with Gasteiger partial charge in [-0.05, 0) is 44.1 Å². The molecule has 19 heavy (non-hydrogen) atoms. The molecule has 1 N–H and O–H groups in total. The van der Waals surface area contributed by atoms with Crippen molar-refractivity contribution in [2.45, 2.75) is 38.5 Å². The molecule has 1 heterocycles. The van der Waals surface area contributed by atoms with Crippen LogP contribution in [0.15, 0.2) is 30.3 Å². The van der Waals surface area contributed by atoms with Crippen LogP contribution in [0.5, 0.6) is 0 Å². The fourth-order valence-electron chi connectivity index (χ4n) is 2.50. The van der Waals surface area contributed by atoms with Crippen LogP contribution in [0.4, 0.5) is 4.79 Å². The van der Waals surface area contributed by atoms with Gasteiger partial charge in [-0.25, -0.2) is 4.79 Å². The Bertz CT molecular complexity index is 372. The highest BCUT2D eigenvalue weighted by molar-refractivity contribution is 5.74. The lowest BCUT2D eigenvalue weighted by molar-refractivity contribution is 0.186. The molecule has 0 radical (unpaired) electrons. The maximum atomic E-state index is 11.8. The van der Waals surface area contributed by atoms with Crippen LogP contribution in [0.2, 0.25) is 0 Å². The lowest BCUT2D eigenvalue weighted by atomic mass is 10.1. The first-order valence-electron chi connectivity index (χ1n) is 7.43. The van der Waals surface area contributed by atoms with Crippen LogP contribution in [-0.2, 0) is 6.42 Å². The second-order valence-corrected chi connectivity index (χ2v) is 5.22. The Balaban J connectivity index is 1.55. The number of unbranched alkanes of at least 4 members (excludes halogenated alkanes) is 1. The number of likely N-dealkylation sites (tertiary alicyclic amines) is 1. The molecule has 2 rings (SSSR count). The molecule has 104 valence electrons. The summed E-state index contributed by atoms with van der Waals surface area (Å²) in [4.78, 5) is 13.8. The molecule has 1 fully saturated rings. The smallest absolute Gasteiger partial charge is 0.317 e. The quantitative estimate of drug-likeness (QED) is 0.810. The normalized spacial score (nSPS) is 15.3. The highest BCUT2D eigenvalue weighted by atomic mass is 16.2. The number of rotatable bonds is 5. The number of nitrogens with one attached hydrogen (secondary N) is 1. The molecule has 1 aliphatic heterocycles. The van der Waals surface area contributed by atoms with E-state index in [0.29, 0.717) is 0 Å². The first-order valence-corrected chi connectivity index (χ1v) is 7.43. The third-order valence-corrected chi connectivity index (χ3v) is 3.65. The molecule has 0 bridgehead atoms. The molecule has 0 atom stereocenters. The zero-order chi connectivity index (χ0) is 13.3. The highest BCUT2D eigenvalue weighted by Crippen LogP contribution is 2.08. The summed E-state index contributed by atoms with van der Waals surface area (Å²) < 4.78 is 0. The maximum Gasteiger partial charge on any atom is 0.317 e. The number of nitrogens with zero attached hydrogens (tertiary/aromatic N) is 1. The summed E-state index contributed by atoms with van der Waals surface area (Å²) in [6, 6.07) is 10.6. The van der Waals surface area contributed by atoms with Gasteiger partial charge in [-0.15, -0.1) is 0 Å². The van der Waals surface area contributed by atoms with E-state index >= 15 is 0 Å². The molecule has 1 aromatic carbocycles. The van der Waals surface area contributed by atoms with Crippen molar-refractivity contribution in [3.8, 4) is 0 Å². The Hall–Kier alpha value is -1.51. The maximum absolute atomic E-state index is 11.8. The molecular weight excluding hydrogens is 236 g/mol. The minimum absolute atomic E-state index is 0.124. The molecule has 0 aromatic heterocycles. The second kappa shape index (κ2) is 7.82. The first kappa shape index (κ1) is 13.9. The summed E-state index contributed by atoms with van der Waals surface area (Å²) in [5.74, 6) is 0. The summed E-state index contributed by atoms with van der Waals surface area (Å²) in [6.45, 7) is 2.65. The summed E-state index contributed by atoms with van der Waals surface area (Å²) >= 11 is 0. The van der Waals surface area contributed by atoms with Gasteiger partial charge < -0.3 is 10.2 Å². The lowest BCUT2D eigenvalue weighted by Gasteiger charge is -2.26. The van der Waals surface area contributed by atoms with Crippen molar-refractivity contribution in [3.05, 3.63) is 35.9 Å². The number of aryl methyl sites for hydroxylation is 1. The third-order valence-electron chi connectivity index (χ3n) is 3.65. The van der Waals surface area contributed by atoms with Gasteiger partial charge in [0, 0.05) is 19.6 Å². The molecule has 3 nitrogen and oxygen atoms in total. The molecule has 3 heteroatoms. The van der Waals surface area contributed by atoms with Gasteiger partial charge in [0.2, 0.25) is 0 Å². The van der Waals surface area contributed by atoms with Crippen LogP contribution < -0.4 is 5.32 Å². The topological polar surface area (TPSA) is 32.3 Å². The van der Waals surface area contributed by atoms with Crippen molar-refractivity contribution in [2.24, 2.45) is 0 Å². The van der Waals surface area contributed by atoms with Crippen LogP contribution in [0.1, 0.15) is 37.7 Å². The number of urea groups is 1. The van der Waals surface area contributed by atoms with Gasteiger partial charge in [0.25, 0.3) is 0 Å². The Labute approximate surface area is 116 Å². The minimum Gasteiger partial charge on any atom is -0.338 e. The van der Waals surface area contributed by atoms with E-state index in [1.165, 1.54) is 12.0 Å². The minimum atomic E-state index is 0.124. The second-order valence-electron chi connectivity index (χ2n) is 5.22. The van der Waals surface area contributed by atoms with E-state index in [9.17, 15) is 4.79 Å². The molecule has 0 unspecified atom stereocenters. The van der Waals surface area contributed by atoms with Gasteiger partial charge in [-0.3, -0.25) is 0 Å². The zero-order valence-electron chi connectivity index (χ0n) is 11.6. The standard InChI is InChI=1S/C16H24N2O/c19-16(18-13-7-2-8-14-18)17-12-6-5-11-15-9-3-1-4-10-15/h1,3-4,9-10H,2,5-8,11-14H2,(H,17,19). The van der Waals surface area contributed by atoms with E-state index in [0.717, 1.165) is 51.7 Å². The van der Waals surface area contributed by atoms with Gasteiger partial charge >= 0.3 is 6.03 Å². The fraction of sp³-hybridized carbons (Fsp3) is 0.562. The SMILES string of the molecule is O=C(NCCCCc1ccccc1)N1CCCCC1. The van der Waals surface area contributed by atoms with E-state index in [4.69, 9.17) is 0 Å². The van der Waals surface area contributed by atoms with Crippen LogP contribution in [0, 0.1) is 0 Å². The average molecular weight is 260 g/mol. The van der Waals surface area contributed by atoms with Crippen LogP contribution in [0.3, 0.4) is 0 Å². The van der Waals surface area contributed by atoms with Gasteiger partial charge in [0.1, 0.15) is 0 Å². The molecule has 1 aromatic rings. The molecular formula is C16H24N2O. The van der Waals surface area contributed by atoms with Crippen molar-refractivity contribution in [3.63, 3.8) is 0 Å².